The molecule has 0 bridgehead atoms. The lowest BCUT2D eigenvalue weighted by atomic mass is 10.0. The summed E-state index contributed by atoms with van der Waals surface area (Å²) in [4.78, 5) is 25.1. The van der Waals surface area contributed by atoms with Gasteiger partial charge < -0.3 is 20.7 Å². The van der Waals surface area contributed by atoms with Crippen LogP contribution >= 0.6 is 0 Å². The number of likely N-dealkylation sites (tertiary alicyclic amines) is 1. The molecule has 6 heteroatoms. The smallest absolute Gasteiger partial charge is 0.239 e. The molecule has 0 spiro atoms. The number of amides is 2. The molecule has 1 aliphatic heterocycles. The van der Waals surface area contributed by atoms with Crippen molar-refractivity contribution in [3.63, 3.8) is 0 Å². The summed E-state index contributed by atoms with van der Waals surface area (Å²) in [6, 6.07) is -0.298. The minimum Gasteiger partial charge on any atom is -0.385 e. The van der Waals surface area contributed by atoms with E-state index in [4.69, 9.17) is 10.5 Å². The van der Waals surface area contributed by atoms with Crippen molar-refractivity contribution in [1.29, 1.82) is 0 Å². The summed E-state index contributed by atoms with van der Waals surface area (Å²) in [5, 5.41) is 2.96. The zero-order chi connectivity index (χ0) is 14.3. The fourth-order valence-corrected chi connectivity index (χ4v) is 2.18. The number of carbonyl (C=O) groups is 2. The lowest BCUT2D eigenvalue weighted by Gasteiger charge is -2.33. The van der Waals surface area contributed by atoms with Gasteiger partial charge in [-0.15, -0.1) is 0 Å². The maximum atomic E-state index is 12.0. The van der Waals surface area contributed by atoms with Crippen molar-refractivity contribution in [3.8, 4) is 0 Å². The monoisotopic (exact) mass is 271 g/mol. The Morgan fingerprint density at radius 3 is 2.58 bits per heavy atom. The number of nitrogens with zero attached hydrogens (tertiary/aromatic N) is 1. The predicted molar refractivity (Wildman–Crippen MR) is 72.5 cm³/mol. The number of nitrogens with one attached hydrogen (secondary N) is 1. The molecule has 1 fully saturated rings. The van der Waals surface area contributed by atoms with Crippen molar-refractivity contribution in [2.24, 2.45) is 5.73 Å². The van der Waals surface area contributed by atoms with Gasteiger partial charge in [0.05, 0.1) is 6.04 Å². The number of rotatable bonds is 6. The van der Waals surface area contributed by atoms with E-state index in [1.54, 1.807) is 12.0 Å². The van der Waals surface area contributed by atoms with Crippen LogP contribution in [0.2, 0.25) is 0 Å². The van der Waals surface area contributed by atoms with Crippen molar-refractivity contribution in [3.05, 3.63) is 0 Å². The summed E-state index contributed by atoms with van der Waals surface area (Å²) in [6.45, 7) is 3.65. The maximum Gasteiger partial charge on any atom is 0.239 e. The number of hydrogen-bond acceptors (Lipinski definition) is 4. The van der Waals surface area contributed by atoms with Crippen LogP contribution in [0.4, 0.5) is 0 Å². The van der Waals surface area contributed by atoms with E-state index in [2.05, 4.69) is 5.32 Å². The van der Waals surface area contributed by atoms with Crippen LogP contribution in [0.1, 0.15) is 32.6 Å². The first-order valence-electron chi connectivity index (χ1n) is 6.91. The summed E-state index contributed by atoms with van der Waals surface area (Å²) < 4.78 is 4.92. The van der Waals surface area contributed by atoms with Crippen LogP contribution in [-0.2, 0) is 14.3 Å². The predicted octanol–water partition coefficient (Wildman–Crippen LogP) is -0.133. The first kappa shape index (κ1) is 15.9. The SMILES string of the molecule is CCC(=O)NC1CCN(C(=O)C(N)CCOC)CC1. The summed E-state index contributed by atoms with van der Waals surface area (Å²) in [5.41, 5.74) is 5.83. The van der Waals surface area contributed by atoms with Crippen LogP contribution in [0.3, 0.4) is 0 Å². The Morgan fingerprint density at radius 2 is 2.05 bits per heavy atom. The van der Waals surface area contributed by atoms with Crippen molar-refractivity contribution in [1.82, 2.24) is 10.2 Å². The van der Waals surface area contributed by atoms with Gasteiger partial charge >= 0.3 is 0 Å². The number of nitrogens with two attached hydrogens (primary N) is 1. The third-order valence-corrected chi connectivity index (χ3v) is 3.44. The van der Waals surface area contributed by atoms with Gasteiger partial charge in [0.15, 0.2) is 0 Å². The van der Waals surface area contributed by atoms with E-state index in [-0.39, 0.29) is 17.9 Å². The molecular weight excluding hydrogens is 246 g/mol. The maximum absolute atomic E-state index is 12.0. The molecule has 0 saturated carbocycles. The van der Waals surface area contributed by atoms with Crippen LogP contribution in [-0.4, -0.2) is 55.6 Å². The molecule has 0 aromatic carbocycles. The average Bonchev–Trinajstić information content (AvgIpc) is 2.44. The summed E-state index contributed by atoms with van der Waals surface area (Å²) >= 11 is 0. The second-order valence-electron chi connectivity index (χ2n) is 4.91. The third-order valence-electron chi connectivity index (χ3n) is 3.44. The van der Waals surface area contributed by atoms with Crippen LogP contribution < -0.4 is 11.1 Å². The fraction of sp³-hybridized carbons (Fsp3) is 0.846. The largest absolute Gasteiger partial charge is 0.385 e. The molecule has 1 unspecified atom stereocenters. The second-order valence-corrected chi connectivity index (χ2v) is 4.91. The second kappa shape index (κ2) is 8.12. The van der Waals surface area contributed by atoms with E-state index < -0.39 is 6.04 Å². The Labute approximate surface area is 114 Å². The molecule has 1 heterocycles. The molecule has 6 nitrogen and oxygen atoms in total. The summed E-state index contributed by atoms with van der Waals surface area (Å²) in [7, 11) is 1.60. The Morgan fingerprint density at radius 1 is 1.42 bits per heavy atom. The van der Waals surface area contributed by atoms with Crippen LogP contribution in [0.25, 0.3) is 0 Å². The molecule has 0 radical (unpaired) electrons. The Hall–Kier alpha value is -1.14. The van der Waals surface area contributed by atoms with E-state index in [0.29, 0.717) is 32.5 Å². The van der Waals surface area contributed by atoms with Gasteiger partial charge in [0.2, 0.25) is 11.8 Å². The van der Waals surface area contributed by atoms with Crippen molar-refractivity contribution in [2.75, 3.05) is 26.8 Å². The normalized spacial score (nSPS) is 18.2. The molecule has 19 heavy (non-hydrogen) atoms. The summed E-state index contributed by atoms with van der Waals surface area (Å²) in [5.74, 6) is 0.0545. The molecule has 0 aromatic heterocycles. The van der Waals surface area contributed by atoms with Crippen LogP contribution in [0.15, 0.2) is 0 Å². The van der Waals surface area contributed by atoms with E-state index in [1.165, 1.54) is 0 Å². The minimum absolute atomic E-state index is 0.0164. The van der Waals surface area contributed by atoms with E-state index >= 15 is 0 Å². The molecule has 2 amide bonds. The van der Waals surface area contributed by atoms with Gasteiger partial charge in [-0.2, -0.15) is 0 Å². The van der Waals surface area contributed by atoms with E-state index in [1.807, 2.05) is 6.92 Å². The molecule has 110 valence electrons. The first-order valence-corrected chi connectivity index (χ1v) is 6.91. The van der Waals surface area contributed by atoms with Crippen LogP contribution in [0, 0.1) is 0 Å². The summed E-state index contributed by atoms with van der Waals surface area (Å²) in [6.07, 6.45) is 2.64. The molecule has 1 rings (SSSR count). The zero-order valence-electron chi connectivity index (χ0n) is 11.9. The first-order chi connectivity index (χ1) is 9.08. The molecular formula is C13H25N3O3. The van der Waals surface area contributed by atoms with Crippen molar-refractivity contribution in [2.45, 2.75) is 44.7 Å². The Kier molecular flexibility index (Phi) is 6.80. The quantitative estimate of drug-likeness (QED) is 0.704. The molecule has 1 saturated heterocycles. The van der Waals surface area contributed by atoms with Gasteiger partial charge in [-0.05, 0) is 19.3 Å². The Balaban J connectivity index is 2.32. The van der Waals surface area contributed by atoms with Gasteiger partial charge in [-0.3, -0.25) is 9.59 Å². The number of piperidine rings is 1. The Bertz CT molecular complexity index is 302. The molecule has 1 aliphatic rings. The van der Waals surface area contributed by atoms with Gasteiger partial charge in [0.1, 0.15) is 0 Å². The van der Waals surface area contributed by atoms with Gasteiger partial charge in [0.25, 0.3) is 0 Å². The number of hydrogen-bond donors (Lipinski definition) is 2. The van der Waals surface area contributed by atoms with Crippen molar-refractivity contribution < 1.29 is 14.3 Å². The number of ether oxygens (including phenoxy) is 1. The zero-order valence-corrected chi connectivity index (χ0v) is 11.9. The number of carbonyl (C=O) groups excluding carboxylic acids is 2. The standard InChI is InChI=1S/C13H25N3O3/c1-3-12(17)15-10-4-7-16(8-5-10)13(18)11(14)6-9-19-2/h10-11H,3-9,14H2,1-2H3,(H,15,17). The highest BCUT2D eigenvalue weighted by Crippen LogP contribution is 2.12. The number of methoxy groups -OCH3 is 1. The lowest BCUT2D eigenvalue weighted by Crippen LogP contribution is -2.51. The lowest BCUT2D eigenvalue weighted by molar-refractivity contribution is -0.134. The van der Waals surface area contributed by atoms with E-state index in [9.17, 15) is 9.59 Å². The van der Waals surface area contributed by atoms with Gasteiger partial charge in [0, 0.05) is 39.3 Å². The molecule has 1 atom stereocenters. The third kappa shape index (κ3) is 5.16. The topological polar surface area (TPSA) is 84.7 Å². The van der Waals surface area contributed by atoms with Gasteiger partial charge in [-0.1, -0.05) is 6.92 Å². The highest BCUT2D eigenvalue weighted by Gasteiger charge is 2.26. The van der Waals surface area contributed by atoms with E-state index in [0.717, 1.165) is 12.8 Å². The highest BCUT2D eigenvalue weighted by atomic mass is 16.5. The molecule has 0 aliphatic carbocycles. The molecule has 3 N–H and O–H groups in total. The molecule has 0 aromatic rings. The average molecular weight is 271 g/mol. The minimum atomic E-state index is -0.485. The van der Waals surface area contributed by atoms with Crippen molar-refractivity contribution >= 4 is 11.8 Å². The van der Waals surface area contributed by atoms with Crippen LogP contribution in [0.5, 0.6) is 0 Å². The van der Waals surface area contributed by atoms with Gasteiger partial charge in [-0.25, -0.2) is 0 Å². The fourth-order valence-electron chi connectivity index (χ4n) is 2.18. The highest BCUT2D eigenvalue weighted by molar-refractivity contribution is 5.81.